The molecule has 0 spiro atoms. The van der Waals surface area contributed by atoms with Crippen molar-refractivity contribution in [2.75, 3.05) is 0 Å². The molecule has 0 fully saturated rings. The lowest BCUT2D eigenvalue weighted by Crippen LogP contribution is -2.02. The number of hydrogen-bond donors (Lipinski definition) is 1. The standard InChI is InChI=1S/C12H6BrIN2O5/c13-6-3-9(16(19)20)11(15-5-6)21-10-2-1-7(14)4-8(10)12(17)18/h1-5H,(H,17,18). The fourth-order valence-electron chi connectivity index (χ4n) is 1.49. The van der Waals surface area contributed by atoms with Gasteiger partial charge in [0.1, 0.15) is 11.3 Å². The maximum absolute atomic E-state index is 11.2. The van der Waals surface area contributed by atoms with E-state index in [4.69, 9.17) is 9.84 Å². The Labute approximate surface area is 140 Å². The van der Waals surface area contributed by atoms with Crippen LogP contribution in [0.15, 0.2) is 34.9 Å². The largest absolute Gasteiger partial charge is 0.478 e. The predicted molar refractivity (Wildman–Crippen MR) is 84.8 cm³/mol. The van der Waals surface area contributed by atoms with Gasteiger partial charge in [0.2, 0.25) is 0 Å². The van der Waals surface area contributed by atoms with Gasteiger partial charge in [-0.25, -0.2) is 9.78 Å². The lowest BCUT2D eigenvalue weighted by molar-refractivity contribution is -0.386. The van der Waals surface area contributed by atoms with Gasteiger partial charge in [-0.3, -0.25) is 10.1 Å². The molecule has 0 radical (unpaired) electrons. The number of nitrogens with zero attached hydrogens (tertiary/aromatic N) is 2. The molecule has 0 unspecified atom stereocenters. The Morgan fingerprint density at radius 1 is 1.43 bits per heavy atom. The van der Waals surface area contributed by atoms with E-state index in [9.17, 15) is 14.9 Å². The Balaban J connectivity index is 2.48. The topological polar surface area (TPSA) is 103 Å². The van der Waals surface area contributed by atoms with E-state index in [-0.39, 0.29) is 22.9 Å². The van der Waals surface area contributed by atoms with Gasteiger partial charge in [0.05, 0.1) is 4.92 Å². The molecule has 0 atom stereocenters. The predicted octanol–water partition coefficient (Wildman–Crippen LogP) is 3.85. The first-order chi connectivity index (χ1) is 9.88. The zero-order chi connectivity index (χ0) is 15.6. The fourth-order valence-corrected chi connectivity index (χ4v) is 2.30. The van der Waals surface area contributed by atoms with Crippen LogP contribution in [-0.2, 0) is 0 Å². The molecule has 108 valence electrons. The van der Waals surface area contributed by atoms with Crippen LogP contribution < -0.4 is 4.74 Å². The molecule has 1 heterocycles. The van der Waals surface area contributed by atoms with E-state index in [2.05, 4.69) is 20.9 Å². The number of pyridine rings is 1. The number of hydrogen-bond acceptors (Lipinski definition) is 5. The summed E-state index contributed by atoms with van der Waals surface area (Å²) in [7, 11) is 0. The van der Waals surface area contributed by atoms with Gasteiger partial charge in [-0.2, -0.15) is 0 Å². The number of ether oxygens (including phenoxy) is 1. The average Bonchev–Trinajstić information content (AvgIpc) is 2.42. The Morgan fingerprint density at radius 3 is 2.76 bits per heavy atom. The molecular weight excluding hydrogens is 459 g/mol. The summed E-state index contributed by atoms with van der Waals surface area (Å²) in [4.78, 5) is 25.3. The van der Waals surface area contributed by atoms with Gasteiger partial charge >= 0.3 is 11.7 Å². The second-order valence-electron chi connectivity index (χ2n) is 3.78. The maximum Gasteiger partial charge on any atom is 0.339 e. The molecule has 9 heteroatoms. The van der Waals surface area contributed by atoms with Crippen molar-refractivity contribution in [3.05, 3.63) is 54.2 Å². The number of carboxylic acids is 1. The number of carbonyl (C=O) groups is 1. The lowest BCUT2D eigenvalue weighted by atomic mass is 10.2. The Bertz CT molecular complexity index is 676. The molecule has 1 N–H and O–H groups in total. The summed E-state index contributed by atoms with van der Waals surface area (Å²) in [6.45, 7) is 0. The molecule has 0 saturated heterocycles. The molecule has 0 aliphatic heterocycles. The Kier molecular flexibility index (Phi) is 4.73. The lowest BCUT2D eigenvalue weighted by Gasteiger charge is -2.08. The number of rotatable bonds is 4. The van der Waals surface area contributed by atoms with Gasteiger partial charge in [0.25, 0.3) is 5.88 Å². The Morgan fingerprint density at radius 2 is 2.14 bits per heavy atom. The van der Waals surface area contributed by atoms with Crippen LogP contribution in [0.1, 0.15) is 10.4 Å². The van der Waals surface area contributed by atoms with Crippen molar-refractivity contribution >= 4 is 50.2 Å². The zero-order valence-electron chi connectivity index (χ0n) is 10.1. The molecule has 2 rings (SSSR count). The number of nitro groups is 1. The van der Waals surface area contributed by atoms with Crippen LogP contribution in [-0.4, -0.2) is 21.0 Å². The van der Waals surface area contributed by atoms with Crippen LogP contribution in [0.3, 0.4) is 0 Å². The Hall–Kier alpha value is -1.75. The monoisotopic (exact) mass is 464 g/mol. The molecular formula is C12H6BrIN2O5. The molecule has 2 aromatic rings. The van der Waals surface area contributed by atoms with E-state index in [0.717, 1.165) is 0 Å². The third-order valence-electron chi connectivity index (χ3n) is 2.37. The summed E-state index contributed by atoms with van der Waals surface area (Å²) in [5.74, 6) is -1.48. The van der Waals surface area contributed by atoms with Gasteiger partial charge < -0.3 is 9.84 Å². The summed E-state index contributed by atoms with van der Waals surface area (Å²) in [5.41, 5.74) is -0.458. The van der Waals surface area contributed by atoms with E-state index < -0.39 is 10.9 Å². The summed E-state index contributed by atoms with van der Waals surface area (Å²) >= 11 is 5.04. The van der Waals surface area contributed by atoms with Gasteiger partial charge in [0.15, 0.2) is 0 Å². The van der Waals surface area contributed by atoms with Crippen molar-refractivity contribution in [1.29, 1.82) is 0 Å². The molecule has 1 aromatic carbocycles. The fraction of sp³-hybridized carbons (Fsp3) is 0. The van der Waals surface area contributed by atoms with E-state index >= 15 is 0 Å². The zero-order valence-corrected chi connectivity index (χ0v) is 13.9. The van der Waals surface area contributed by atoms with Crippen molar-refractivity contribution in [1.82, 2.24) is 4.98 Å². The highest BCUT2D eigenvalue weighted by molar-refractivity contribution is 14.1. The van der Waals surface area contributed by atoms with Gasteiger partial charge in [0, 0.05) is 20.3 Å². The van der Waals surface area contributed by atoms with Crippen LogP contribution >= 0.6 is 38.5 Å². The molecule has 0 saturated carbocycles. The van der Waals surface area contributed by atoms with Crippen molar-refractivity contribution in [3.63, 3.8) is 0 Å². The van der Waals surface area contributed by atoms with Crippen LogP contribution in [0, 0.1) is 13.7 Å². The third-order valence-corrected chi connectivity index (χ3v) is 3.48. The van der Waals surface area contributed by atoms with Crippen LogP contribution in [0.4, 0.5) is 5.69 Å². The molecule has 7 nitrogen and oxygen atoms in total. The highest BCUT2D eigenvalue weighted by Gasteiger charge is 2.21. The maximum atomic E-state index is 11.2. The first-order valence-electron chi connectivity index (χ1n) is 5.39. The highest BCUT2D eigenvalue weighted by Crippen LogP contribution is 2.33. The van der Waals surface area contributed by atoms with E-state index in [0.29, 0.717) is 8.04 Å². The van der Waals surface area contributed by atoms with E-state index in [1.165, 1.54) is 24.4 Å². The molecule has 0 aliphatic carbocycles. The summed E-state index contributed by atoms with van der Waals surface area (Å²) in [5, 5.41) is 20.1. The third kappa shape index (κ3) is 3.67. The first-order valence-corrected chi connectivity index (χ1v) is 7.26. The molecule has 1 aromatic heterocycles. The highest BCUT2D eigenvalue weighted by atomic mass is 127. The number of halogens is 2. The smallest absolute Gasteiger partial charge is 0.339 e. The van der Waals surface area contributed by atoms with Crippen molar-refractivity contribution in [3.8, 4) is 11.6 Å². The minimum atomic E-state index is -1.19. The SMILES string of the molecule is O=C(O)c1cc(I)ccc1Oc1ncc(Br)cc1[N+](=O)[O-]. The first kappa shape index (κ1) is 15.6. The number of aromatic carboxylic acids is 1. The minimum absolute atomic E-state index is 0.0131. The number of benzene rings is 1. The number of aromatic nitrogens is 1. The van der Waals surface area contributed by atoms with Crippen molar-refractivity contribution in [2.45, 2.75) is 0 Å². The molecule has 0 amide bonds. The average molecular weight is 465 g/mol. The quantitative estimate of drug-likeness (QED) is 0.419. The van der Waals surface area contributed by atoms with Crippen LogP contribution in [0.2, 0.25) is 0 Å². The minimum Gasteiger partial charge on any atom is -0.478 e. The van der Waals surface area contributed by atoms with Crippen LogP contribution in [0.25, 0.3) is 0 Å². The van der Waals surface area contributed by atoms with Crippen molar-refractivity contribution < 1.29 is 19.6 Å². The van der Waals surface area contributed by atoms with Gasteiger partial charge in [-0.1, -0.05) is 0 Å². The number of carboxylic acid groups (broad SMARTS) is 1. The summed E-state index contributed by atoms with van der Waals surface area (Å²) in [6, 6.07) is 5.70. The van der Waals surface area contributed by atoms with E-state index in [1.807, 2.05) is 22.6 Å². The molecule has 0 bridgehead atoms. The molecule has 0 aliphatic rings. The molecule has 21 heavy (non-hydrogen) atoms. The van der Waals surface area contributed by atoms with Crippen molar-refractivity contribution in [2.24, 2.45) is 0 Å². The van der Waals surface area contributed by atoms with Gasteiger partial charge in [-0.15, -0.1) is 0 Å². The second kappa shape index (κ2) is 6.35. The second-order valence-corrected chi connectivity index (χ2v) is 5.94. The summed E-state index contributed by atoms with van der Waals surface area (Å²) < 4.78 is 6.44. The summed E-state index contributed by atoms with van der Waals surface area (Å²) in [6.07, 6.45) is 1.33. The van der Waals surface area contributed by atoms with Crippen LogP contribution in [0.5, 0.6) is 11.6 Å². The van der Waals surface area contributed by atoms with E-state index in [1.54, 1.807) is 6.07 Å². The van der Waals surface area contributed by atoms with Gasteiger partial charge in [-0.05, 0) is 56.7 Å². The normalized spacial score (nSPS) is 10.2.